The van der Waals surface area contributed by atoms with Crippen LogP contribution in [0.15, 0.2) is 73.1 Å². The molecule has 0 aliphatic heterocycles. The number of hydrogen-bond acceptors (Lipinski definition) is 3. The Labute approximate surface area is 151 Å². The van der Waals surface area contributed by atoms with E-state index in [1.54, 1.807) is 18.3 Å². The van der Waals surface area contributed by atoms with E-state index < -0.39 is 0 Å². The molecule has 2 aromatic carbocycles. The van der Waals surface area contributed by atoms with Gasteiger partial charge in [0.15, 0.2) is 0 Å². The quantitative estimate of drug-likeness (QED) is 0.562. The van der Waals surface area contributed by atoms with Crippen molar-refractivity contribution >= 4 is 16.7 Å². The van der Waals surface area contributed by atoms with Crippen LogP contribution in [0.3, 0.4) is 0 Å². The van der Waals surface area contributed by atoms with Crippen LogP contribution in [0.5, 0.6) is 5.75 Å². The molecule has 0 radical (unpaired) electrons. The summed E-state index contributed by atoms with van der Waals surface area (Å²) in [6.45, 7) is 2.54. The third-order valence-corrected chi connectivity index (χ3v) is 4.48. The highest BCUT2D eigenvalue weighted by atomic mass is 16.3. The smallest absolute Gasteiger partial charge is 0.209 e. The van der Waals surface area contributed by atoms with Crippen molar-refractivity contribution < 1.29 is 9.90 Å². The summed E-state index contributed by atoms with van der Waals surface area (Å²) in [4.78, 5) is 17.2. The van der Waals surface area contributed by atoms with Gasteiger partial charge >= 0.3 is 0 Å². The van der Waals surface area contributed by atoms with Crippen LogP contribution >= 0.6 is 0 Å². The van der Waals surface area contributed by atoms with Gasteiger partial charge in [0.1, 0.15) is 11.3 Å². The van der Waals surface area contributed by atoms with Gasteiger partial charge in [-0.2, -0.15) is 0 Å². The molecule has 4 nitrogen and oxygen atoms in total. The van der Waals surface area contributed by atoms with Gasteiger partial charge in [-0.15, -0.1) is 0 Å². The molecule has 0 spiro atoms. The topological polar surface area (TPSA) is 55.1 Å². The van der Waals surface area contributed by atoms with Gasteiger partial charge in [-0.05, 0) is 36.8 Å². The van der Waals surface area contributed by atoms with E-state index in [1.165, 1.54) is 0 Å². The van der Waals surface area contributed by atoms with Gasteiger partial charge in [0.25, 0.3) is 0 Å². The fourth-order valence-corrected chi connectivity index (χ4v) is 3.08. The molecule has 4 aromatic rings. The van der Waals surface area contributed by atoms with Crippen LogP contribution in [0.25, 0.3) is 10.9 Å². The molecule has 0 bridgehead atoms. The second kappa shape index (κ2) is 6.48. The van der Waals surface area contributed by atoms with Crippen LogP contribution in [0.4, 0.5) is 0 Å². The van der Waals surface area contributed by atoms with Crippen molar-refractivity contribution in [1.82, 2.24) is 9.55 Å². The third kappa shape index (κ3) is 2.97. The first kappa shape index (κ1) is 16.1. The predicted molar refractivity (Wildman–Crippen MR) is 102 cm³/mol. The van der Waals surface area contributed by atoms with Gasteiger partial charge in [-0.25, -0.2) is 0 Å². The van der Waals surface area contributed by atoms with Crippen molar-refractivity contribution in [3.63, 3.8) is 0 Å². The maximum Gasteiger partial charge on any atom is 0.209 e. The summed E-state index contributed by atoms with van der Waals surface area (Å²) in [5.41, 5.74) is 4.00. The molecule has 2 aromatic heterocycles. The first-order chi connectivity index (χ1) is 12.6. The van der Waals surface area contributed by atoms with E-state index in [0.29, 0.717) is 23.3 Å². The number of carbonyl (C=O) groups is 1. The highest BCUT2D eigenvalue weighted by Gasteiger charge is 2.14. The van der Waals surface area contributed by atoms with Crippen LogP contribution in [-0.4, -0.2) is 20.4 Å². The Morgan fingerprint density at radius 1 is 1.08 bits per heavy atom. The number of fused-ring (bicyclic) bond motifs is 1. The van der Waals surface area contributed by atoms with Crippen LogP contribution in [0, 0.1) is 6.92 Å². The first-order valence-electron chi connectivity index (χ1n) is 8.45. The summed E-state index contributed by atoms with van der Waals surface area (Å²) < 4.78 is 1.92. The summed E-state index contributed by atoms with van der Waals surface area (Å²) in [7, 11) is 0. The average molecular weight is 342 g/mol. The molecule has 4 rings (SSSR count). The van der Waals surface area contributed by atoms with E-state index in [-0.39, 0.29) is 11.5 Å². The average Bonchev–Trinajstić information content (AvgIpc) is 3.10. The molecule has 128 valence electrons. The van der Waals surface area contributed by atoms with Gasteiger partial charge in [0.2, 0.25) is 5.78 Å². The van der Waals surface area contributed by atoms with E-state index in [9.17, 15) is 9.90 Å². The molecule has 0 unspecified atom stereocenters. The van der Waals surface area contributed by atoms with Gasteiger partial charge in [0.05, 0.1) is 5.69 Å². The first-order valence-corrected chi connectivity index (χ1v) is 8.45. The predicted octanol–water partition coefficient (Wildman–Crippen LogP) is 4.33. The Balaban J connectivity index is 1.65. The van der Waals surface area contributed by atoms with Crippen molar-refractivity contribution in [2.24, 2.45) is 0 Å². The highest BCUT2D eigenvalue weighted by molar-refractivity contribution is 6.08. The fourth-order valence-electron chi connectivity index (χ4n) is 3.08. The number of benzene rings is 2. The van der Waals surface area contributed by atoms with Gasteiger partial charge in [0, 0.05) is 29.9 Å². The van der Waals surface area contributed by atoms with E-state index in [4.69, 9.17) is 0 Å². The van der Waals surface area contributed by atoms with E-state index in [1.807, 2.05) is 66.2 Å². The van der Waals surface area contributed by atoms with Crippen LogP contribution in [0.2, 0.25) is 0 Å². The molecule has 4 heteroatoms. The zero-order chi connectivity index (χ0) is 18.1. The van der Waals surface area contributed by atoms with Crippen molar-refractivity contribution in [3.8, 4) is 5.75 Å². The maximum absolute atomic E-state index is 12.8. The molecule has 0 saturated carbocycles. The highest BCUT2D eigenvalue weighted by Crippen LogP contribution is 2.23. The molecular weight excluding hydrogens is 324 g/mol. The summed E-state index contributed by atoms with van der Waals surface area (Å²) in [5.74, 6) is 0.173. The fraction of sp³-hybridized carbons (Fsp3) is 0.0909. The molecular formula is C22H18N2O2. The van der Waals surface area contributed by atoms with Crippen molar-refractivity contribution in [3.05, 3.63) is 95.4 Å². The molecule has 0 atom stereocenters. The number of nitrogens with zero attached hydrogens (tertiary/aromatic N) is 2. The number of carbonyl (C=O) groups excluding carboxylic acids is 1. The SMILES string of the molecule is Cc1ccc(C(=O)c2cccn2Cc2cnc3c(O)cccc3c2)cc1. The molecule has 2 heterocycles. The second-order valence-electron chi connectivity index (χ2n) is 6.41. The summed E-state index contributed by atoms with van der Waals surface area (Å²) in [5, 5.41) is 10.7. The molecule has 0 amide bonds. The number of phenolic OH excluding ortho intramolecular Hbond substituents is 1. The number of rotatable bonds is 4. The Morgan fingerprint density at radius 2 is 1.88 bits per heavy atom. The number of ketones is 1. The summed E-state index contributed by atoms with van der Waals surface area (Å²) in [6.07, 6.45) is 3.64. The Bertz CT molecular complexity index is 1090. The second-order valence-corrected chi connectivity index (χ2v) is 6.41. The largest absolute Gasteiger partial charge is 0.506 e. The lowest BCUT2D eigenvalue weighted by Gasteiger charge is -2.10. The van der Waals surface area contributed by atoms with Gasteiger partial charge in [-0.3, -0.25) is 9.78 Å². The Hall–Kier alpha value is -3.40. The van der Waals surface area contributed by atoms with Crippen molar-refractivity contribution in [2.75, 3.05) is 0 Å². The van der Waals surface area contributed by atoms with E-state index in [2.05, 4.69) is 4.98 Å². The lowest BCUT2D eigenvalue weighted by Crippen LogP contribution is -2.10. The number of hydrogen-bond donors (Lipinski definition) is 1. The normalized spacial score (nSPS) is 11.0. The summed E-state index contributed by atoms with van der Waals surface area (Å²) in [6, 6.07) is 18.6. The van der Waals surface area contributed by atoms with Crippen LogP contribution in [-0.2, 0) is 6.54 Å². The lowest BCUT2D eigenvalue weighted by atomic mass is 10.1. The number of aromatic hydroxyl groups is 1. The molecule has 0 aliphatic rings. The van der Waals surface area contributed by atoms with E-state index >= 15 is 0 Å². The Morgan fingerprint density at radius 3 is 2.69 bits per heavy atom. The number of phenols is 1. The van der Waals surface area contributed by atoms with Crippen molar-refractivity contribution in [2.45, 2.75) is 13.5 Å². The third-order valence-electron chi connectivity index (χ3n) is 4.48. The Kier molecular flexibility index (Phi) is 4.01. The minimum Gasteiger partial charge on any atom is -0.506 e. The number of aryl methyl sites for hydroxylation is 1. The standard InChI is InChI=1S/C22H18N2O2/c1-15-7-9-17(10-8-15)22(26)19-5-3-11-24(19)14-16-12-18-4-2-6-20(25)21(18)23-13-16/h2-13,25H,14H2,1H3. The number of aromatic nitrogens is 2. The maximum atomic E-state index is 12.8. The van der Waals surface area contributed by atoms with Gasteiger partial charge in [-0.1, -0.05) is 42.0 Å². The monoisotopic (exact) mass is 342 g/mol. The molecule has 0 fully saturated rings. The zero-order valence-electron chi connectivity index (χ0n) is 14.4. The molecule has 0 aliphatic carbocycles. The molecule has 26 heavy (non-hydrogen) atoms. The van der Waals surface area contributed by atoms with Crippen molar-refractivity contribution in [1.29, 1.82) is 0 Å². The lowest BCUT2D eigenvalue weighted by molar-refractivity contribution is 0.103. The molecule has 0 saturated heterocycles. The summed E-state index contributed by atoms with van der Waals surface area (Å²) >= 11 is 0. The molecule has 1 N–H and O–H groups in total. The van der Waals surface area contributed by atoms with Crippen LogP contribution in [0.1, 0.15) is 27.2 Å². The number of pyridine rings is 1. The zero-order valence-corrected chi connectivity index (χ0v) is 14.4. The minimum absolute atomic E-state index is 0.00129. The minimum atomic E-state index is 0.00129. The number of para-hydroxylation sites is 1. The van der Waals surface area contributed by atoms with Gasteiger partial charge < -0.3 is 9.67 Å². The van der Waals surface area contributed by atoms with Crippen LogP contribution < -0.4 is 0 Å². The van der Waals surface area contributed by atoms with E-state index in [0.717, 1.165) is 16.5 Å².